The minimum Gasteiger partial charge on any atom is -0.472 e. The molecule has 1 aromatic heterocycles. The van der Waals surface area contributed by atoms with E-state index in [0.29, 0.717) is 11.0 Å². The smallest absolute Gasteiger partial charge is 0.413 e. The Bertz CT molecular complexity index is 762. The number of anilines is 1. The zero-order valence-electron chi connectivity index (χ0n) is 14.6. The number of nitrogens with zero attached hydrogens (tertiary/aromatic N) is 1. The number of benzene rings is 1. The van der Waals surface area contributed by atoms with Crippen molar-refractivity contribution in [2.75, 3.05) is 11.1 Å². The van der Waals surface area contributed by atoms with Crippen LogP contribution in [0, 0.1) is 5.92 Å². The fourth-order valence-corrected chi connectivity index (χ4v) is 4.00. The van der Waals surface area contributed by atoms with Crippen molar-refractivity contribution < 1.29 is 14.3 Å². The Hall–Kier alpha value is -2.19. The molecular formula is C18H21N3O3S2. The lowest BCUT2D eigenvalue weighted by atomic mass is 10.2. The third kappa shape index (κ3) is 5.40. The molecule has 2 aromatic rings. The average Bonchev–Trinajstić information content (AvgIpc) is 3.28. The Kier molecular flexibility index (Phi) is 6.40. The van der Waals surface area contributed by atoms with Crippen molar-refractivity contribution >= 4 is 34.3 Å². The summed E-state index contributed by atoms with van der Waals surface area (Å²) in [6, 6.07) is 9.55. The molecule has 0 saturated heterocycles. The summed E-state index contributed by atoms with van der Waals surface area (Å²) >= 11 is 3.05. The Morgan fingerprint density at radius 3 is 2.96 bits per heavy atom. The summed E-state index contributed by atoms with van der Waals surface area (Å²) in [5.74, 6) is 2.11. The van der Waals surface area contributed by atoms with E-state index in [4.69, 9.17) is 9.47 Å². The molecule has 8 heteroatoms. The predicted molar refractivity (Wildman–Crippen MR) is 104 cm³/mol. The van der Waals surface area contributed by atoms with E-state index >= 15 is 0 Å². The van der Waals surface area contributed by atoms with Crippen LogP contribution in [0.1, 0.15) is 19.4 Å². The van der Waals surface area contributed by atoms with Crippen molar-refractivity contribution in [3.63, 3.8) is 0 Å². The monoisotopic (exact) mass is 391 g/mol. The molecular weight excluding hydrogens is 370 g/mol. The maximum absolute atomic E-state index is 11.9. The van der Waals surface area contributed by atoms with E-state index in [-0.39, 0.29) is 12.8 Å². The number of carbonyl (C=O) groups is 1. The lowest BCUT2D eigenvalue weighted by Gasteiger charge is -2.13. The number of carbonyl (C=O) groups excluding carboxylic acids is 1. The number of thioether (sulfide) groups is 1. The van der Waals surface area contributed by atoms with Gasteiger partial charge in [0, 0.05) is 12.1 Å². The molecule has 1 aromatic carbocycles. The minimum absolute atomic E-state index is 0.0354. The molecule has 0 aliphatic carbocycles. The molecule has 1 aliphatic rings. The number of nitrogens with one attached hydrogen (secondary N) is 2. The molecule has 1 atom stereocenters. The minimum atomic E-state index is -0.508. The van der Waals surface area contributed by atoms with Crippen LogP contribution in [0.4, 0.5) is 9.93 Å². The average molecular weight is 392 g/mol. The van der Waals surface area contributed by atoms with E-state index in [1.807, 2.05) is 36.5 Å². The number of rotatable bonds is 7. The lowest BCUT2D eigenvalue weighted by molar-refractivity contribution is 0.130. The Morgan fingerprint density at radius 1 is 1.42 bits per heavy atom. The molecule has 1 amide bonds. The van der Waals surface area contributed by atoms with Crippen LogP contribution in [0.2, 0.25) is 0 Å². The molecule has 3 rings (SSSR count). The first-order chi connectivity index (χ1) is 12.6. The van der Waals surface area contributed by atoms with Crippen LogP contribution < -0.4 is 10.6 Å². The standard InChI is InChI=1S/C18H21N3O3S2/c1-12(2)14-8-19-15(24-14)11-25-16-9-20-17(26-16)21-18(22)23-10-13-6-4-3-5-7-13/h3-9,12,15,19H,10-11H2,1-2H3,(H,20,21,22). The van der Waals surface area contributed by atoms with Gasteiger partial charge in [-0.15, -0.1) is 11.8 Å². The second-order valence-corrected chi connectivity index (χ2v) is 8.31. The molecule has 26 heavy (non-hydrogen) atoms. The molecule has 0 saturated carbocycles. The van der Waals surface area contributed by atoms with E-state index in [9.17, 15) is 4.79 Å². The summed E-state index contributed by atoms with van der Waals surface area (Å²) in [6.45, 7) is 4.43. The van der Waals surface area contributed by atoms with Gasteiger partial charge in [0.2, 0.25) is 0 Å². The molecule has 0 bridgehead atoms. The van der Waals surface area contributed by atoms with Crippen LogP contribution >= 0.6 is 23.1 Å². The van der Waals surface area contributed by atoms with Crippen molar-refractivity contribution in [1.82, 2.24) is 10.3 Å². The number of allylic oxidation sites excluding steroid dienone is 1. The Morgan fingerprint density at radius 2 is 2.23 bits per heavy atom. The lowest BCUT2D eigenvalue weighted by Crippen LogP contribution is -2.23. The SMILES string of the molecule is CC(C)C1=CNC(CSc2cnc(NC(=O)OCc3ccccc3)s2)O1. The van der Waals surface area contributed by atoms with E-state index in [2.05, 4.69) is 29.5 Å². The molecule has 1 unspecified atom stereocenters. The van der Waals surface area contributed by atoms with Gasteiger partial charge in [0.05, 0.1) is 16.2 Å². The van der Waals surface area contributed by atoms with Crippen molar-refractivity contribution in [1.29, 1.82) is 0 Å². The van der Waals surface area contributed by atoms with Gasteiger partial charge in [0.25, 0.3) is 0 Å². The first kappa shape index (κ1) is 18.6. The Labute approximate surface area is 161 Å². The van der Waals surface area contributed by atoms with Gasteiger partial charge in [0.15, 0.2) is 11.4 Å². The van der Waals surface area contributed by atoms with Crippen molar-refractivity contribution in [2.24, 2.45) is 5.92 Å². The van der Waals surface area contributed by atoms with Gasteiger partial charge in [-0.25, -0.2) is 9.78 Å². The van der Waals surface area contributed by atoms with Gasteiger partial charge in [-0.3, -0.25) is 5.32 Å². The van der Waals surface area contributed by atoms with E-state index in [0.717, 1.165) is 21.3 Å². The molecule has 0 radical (unpaired) electrons. The first-order valence-electron chi connectivity index (χ1n) is 8.29. The van der Waals surface area contributed by atoms with Gasteiger partial charge < -0.3 is 14.8 Å². The number of aromatic nitrogens is 1. The van der Waals surface area contributed by atoms with Gasteiger partial charge in [-0.2, -0.15) is 0 Å². The summed E-state index contributed by atoms with van der Waals surface area (Å²) in [5.41, 5.74) is 0.941. The fraction of sp³-hybridized carbons (Fsp3) is 0.333. The highest BCUT2D eigenvalue weighted by Crippen LogP contribution is 2.30. The summed E-state index contributed by atoms with van der Waals surface area (Å²) in [7, 11) is 0. The van der Waals surface area contributed by atoms with Gasteiger partial charge in [-0.1, -0.05) is 55.5 Å². The maximum Gasteiger partial charge on any atom is 0.413 e. The van der Waals surface area contributed by atoms with Crippen molar-refractivity contribution in [2.45, 2.75) is 30.9 Å². The van der Waals surface area contributed by atoms with Gasteiger partial charge in [-0.05, 0) is 5.56 Å². The molecule has 6 nitrogen and oxygen atoms in total. The number of hydrogen-bond donors (Lipinski definition) is 2. The summed E-state index contributed by atoms with van der Waals surface area (Å²) in [4.78, 5) is 16.1. The molecule has 0 fully saturated rings. The highest BCUT2D eigenvalue weighted by atomic mass is 32.2. The number of amides is 1. The number of hydrogen-bond acceptors (Lipinski definition) is 7. The summed E-state index contributed by atoms with van der Waals surface area (Å²) in [5, 5.41) is 6.40. The van der Waals surface area contributed by atoms with E-state index in [1.54, 1.807) is 18.0 Å². The van der Waals surface area contributed by atoms with Crippen LogP contribution in [-0.2, 0) is 16.1 Å². The predicted octanol–water partition coefficient (Wildman–Crippen LogP) is 4.43. The zero-order valence-corrected chi connectivity index (χ0v) is 16.2. The summed E-state index contributed by atoms with van der Waals surface area (Å²) < 4.78 is 12.0. The highest BCUT2D eigenvalue weighted by Gasteiger charge is 2.20. The normalized spacial score (nSPS) is 16.0. The van der Waals surface area contributed by atoms with Crippen LogP contribution in [0.15, 0.2) is 52.7 Å². The van der Waals surface area contributed by atoms with E-state index < -0.39 is 6.09 Å². The third-order valence-electron chi connectivity index (χ3n) is 3.54. The second kappa shape index (κ2) is 8.95. The van der Waals surface area contributed by atoms with Gasteiger partial charge in [0.1, 0.15) is 12.4 Å². The fourth-order valence-electron chi connectivity index (χ4n) is 2.18. The maximum atomic E-state index is 11.9. The summed E-state index contributed by atoms with van der Waals surface area (Å²) in [6.07, 6.45) is 3.13. The van der Waals surface area contributed by atoms with Gasteiger partial charge >= 0.3 is 6.09 Å². The third-order valence-corrected chi connectivity index (χ3v) is 5.71. The van der Waals surface area contributed by atoms with Crippen LogP contribution in [0.3, 0.4) is 0 Å². The zero-order chi connectivity index (χ0) is 18.4. The Balaban J connectivity index is 1.40. The first-order valence-corrected chi connectivity index (χ1v) is 10.1. The largest absolute Gasteiger partial charge is 0.472 e. The number of ether oxygens (including phenoxy) is 2. The van der Waals surface area contributed by atoms with Crippen LogP contribution in [-0.4, -0.2) is 23.1 Å². The van der Waals surface area contributed by atoms with Crippen molar-refractivity contribution in [3.05, 3.63) is 54.1 Å². The highest BCUT2D eigenvalue weighted by molar-refractivity contribution is 8.01. The molecule has 2 N–H and O–H groups in total. The second-order valence-electron chi connectivity index (χ2n) is 5.96. The topological polar surface area (TPSA) is 72.5 Å². The number of thiazole rings is 1. The molecule has 1 aliphatic heterocycles. The quantitative estimate of drug-likeness (QED) is 0.681. The van der Waals surface area contributed by atoms with E-state index in [1.165, 1.54) is 11.3 Å². The van der Waals surface area contributed by atoms with Crippen LogP contribution in [0.5, 0.6) is 0 Å². The molecule has 0 spiro atoms. The van der Waals surface area contributed by atoms with Crippen LogP contribution in [0.25, 0.3) is 0 Å². The molecule has 2 heterocycles. The molecule has 138 valence electrons. The van der Waals surface area contributed by atoms with Crippen molar-refractivity contribution in [3.8, 4) is 0 Å².